The number of nitrogens with one attached hydrogen (secondary N) is 2. The molecule has 0 radical (unpaired) electrons. The zero-order valence-electron chi connectivity index (χ0n) is 15.7. The van der Waals surface area contributed by atoms with Crippen LogP contribution in [0.4, 0.5) is 17.3 Å². The van der Waals surface area contributed by atoms with Crippen LogP contribution in [0.25, 0.3) is 0 Å². The van der Waals surface area contributed by atoms with Crippen LogP contribution in [0.3, 0.4) is 0 Å². The quantitative estimate of drug-likeness (QED) is 0.719. The summed E-state index contributed by atoms with van der Waals surface area (Å²) in [7, 11) is 0. The maximum absolute atomic E-state index is 12.6. The molecule has 0 saturated carbocycles. The van der Waals surface area contributed by atoms with Gasteiger partial charge in [0, 0.05) is 23.6 Å². The molecule has 0 aliphatic carbocycles. The summed E-state index contributed by atoms with van der Waals surface area (Å²) in [5.74, 6) is 1.32. The molecule has 2 heterocycles. The molecule has 1 aliphatic heterocycles. The predicted molar refractivity (Wildman–Crippen MR) is 107 cm³/mol. The summed E-state index contributed by atoms with van der Waals surface area (Å²) in [6.45, 7) is 5.08. The minimum Gasteiger partial charge on any atom is -0.486 e. The van der Waals surface area contributed by atoms with E-state index in [-0.39, 0.29) is 11.6 Å². The molecule has 7 heteroatoms. The van der Waals surface area contributed by atoms with E-state index in [0.717, 1.165) is 16.8 Å². The number of carbonyl (C=O) groups is 1. The number of fused-ring (bicyclic) bond motifs is 1. The molecular formula is C21H20N4O3. The first-order chi connectivity index (χ1) is 13.6. The van der Waals surface area contributed by atoms with Gasteiger partial charge in [0.25, 0.3) is 5.91 Å². The minimum atomic E-state index is -0.330. The van der Waals surface area contributed by atoms with Crippen LogP contribution < -0.4 is 20.1 Å². The lowest BCUT2D eigenvalue weighted by atomic mass is 10.1. The number of nitrogens with zero attached hydrogens (tertiary/aromatic N) is 2. The molecule has 0 spiro atoms. The number of carbonyl (C=O) groups excluding carboxylic acids is 1. The second-order valence-electron chi connectivity index (χ2n) is 6.45. The van der Waals surface area contributed by atoms with Gasteiger partial charge in [0.15, 0.2) is 11.5 Å². The van der Waals surface area contributed by atoms with E-state index < -0.39 is 0 Å². The fourth-order valence-corrected chi connectivity index (χ4v) is 2.87. The Hall–Kier alpha value is -3.61. The number of amides is 1. The molecule has 0 saturated heterocycles. The molecule has 1 amide bonds. The van der Waals surface area contributed by atoms with Gasteiger partial charge in [-0.25, -0.2) is 9.97 Å². The van der Waals surface area contributed by atoms with Gasteiger partial charge >= 0.3 is 0 Å². The van der Waals surface area contributed by atoms with Crippen LogP contribution in [0.5, 0.6) is 11.5 Å². The summed E-state index contributed by atoms with van der Waals surface area (Å²) in [5.41, 5.74) is 4.05. The Morgan fingerprint density at radius 2 is 1.86 bits per heavy atom. The standard InChI is InChI=1S/C21H20N4O3/c1-13-4-3-5-16(14(13)2)24-21-22-9-8-17(25-21)20(26)23-15-6-7-18-19(12-15)28-11-10-27-18/h3-9,12H,10-11H2,1-2H3,(H,23,26)(H,22,24,25). The molecule has 0 unspecified atom stereocenters. The highest BCUT2D eigenvalue weighted by atomic mass is 16.6. The Bertz CT molecular complexity index is 1040. The molecule has 4 rings (SSSR count). The van der Waals surface area contributed by atoms with Crippen molar-refractivity contribution in [2.75, 3.05) is 23.8 Å². The van der Waals surface area contributed by atoms with Gasteiger partial charge < -0.3 is 20.1 Å². The number of benzene rings is 2. The highest BCUT2D eigenvalue weighted by Crippen LogP contribution is 2.32. The highest BCUT2D eigenvalue weighted by molar-refractivity contribution is 6.03. The van der Waals surface area contributed by atoms with E-state index in [0.29, 0.717) is 36.3 Å². The Morgan fingerprint density at radius 3 is 2.71 bits per heavy atom. The van der Waals surface area contributed by atoms with Crippen molar-refractivity contribution < 1.29 is 14.3 Å². The fraction of sp³-hybridized carbons (Fsp3) is 0.190. The average molecular weight is 376 g/mol. The van der Waals surface area contributed by atoms with Gasteiger partial charge in [-0.3, -0.25) is 4.79 Å². The number of ether oxygens (including phenoxy) is 2. The van der Waals surface area contributed by atoms with Gasteiger partial charge in [0.1, 0.15) is 18.9 Å². The maximum atomic E-state index is 12.6. The van der Waals surface area contributed by atoms with E-state index in [1.165, 1.54) is 0 Å². The molecule has 0 atom stereocenters. The monoisotopic (exact) mass is 376 g/mol. The third-order valence-electron chi connectivity index (χ3n) is 4.54. The molecule has 3 aromatic rings. The molecule has 2 aromatic carbocycles. The van der Waals surface area contributed by atoms with Crippen molar-refractivity contribution in [3.63, 3.8) is 0 Å². The summed E-state index contributed by atoms with van der Waals surface area (Å²) in [6.07, 6.45) is 1.55. The van der Waals surface area contributed by atoms with Crippen LogP contribution in [0.1, 0.15) is 21.6 Å². The number of hydrogen-bond acceptors (Lipinski definition) is 6. The molecule has 142 valence electrons. The topological polar surface area (TPSA) is 85.4 Å². The van der Waals surface area contributed by atoms with Crippen LogP contribution in [-0.2, 0) is 0 Å². The Morgan fingerprint density at radius 1 is 1.04 bits per heavy atom. The smallest absolute Gasteiger partial charge is 0.274 e. The largest absolute Gasteiger partial charge is 0.486 e. The summed E-state index contributed by atoms with van der Waals surface area (Å²) in [6, 6.07) is 12.8. The van der Waals surface area contributed by atoms with Gasteiger partial charge in [0.2, 0.25) is 5.95 Å². The number of hydrogen-bond donors (Lipinski definition) is 2. The van der Waals surface area contributed by atoms with E-state index in [4.69, 9.17) is 9.47 Å². The zero-order chi connectivity index (χ0) is 19.5. The maximum Gasteiger partial charge on any atom is 0.274 e. The van der Waals surface area contributed by atoms with Gasteiger partial charge in [-0.2, -0.15) is 0 Å². The number of rotatable bonds is 4. The second kappa shape index (κ2) is 7.56. The number of aryl methyl sites for hydroxylation is 1. The van der Waals surface area contributed by atoms with Crippen molar-refractivity contribution in [1.29, 1.82) is 0 Å². The van der Waals surface area contributed by atoms with E-state index in [1.54, 1.807) is 30.5 Å². The summed E-state index contributed by atoms with van der Waals surface area (Å²) in [5, 5.41) is 6.00. The summed E-state index contributed by atoms with van der Waals surface area (Å²) >= 11 is 0. The molecule has 28 heavy (non-hydrogen) atoms. The SMILES string of the molecule is Cc1cccc(Nc2nccc(C(=O)Nc3ccc4c(c3)OCCO4)n2)c1C. The van der Waals surface area contributed by atoms with E-state index >= 15 is 0 Å². The van der Waals surface area contributed by atoms with Crippen molar-refractivity contribution in [2.24, 2.45) is 0 Å². The third kappa shape index (κ3) is 3.73. The van der Waals surface area contributed by atoms with Crippen molar-refractivity contribution in [3.8, 4) is 11.5 Å². The van der Waals surface area contributed by atoms with Gasteiger partial charge in [-0.15, -0.1) is 0 Å². The Labute approximate surface area is 162 Å². The van der Waals surface area contributed by atoms with Crippen LogP contribution >= 0.6 is 0 Å². The second-order valence-corrected chi connectivity index (χ2v) is 6.45. The van der Waals surface area contributed by atoms with E-state index in [1.807, 2.05) is 32.0 Å². The van der Waals surface area contributed by atoms with Gasteiger partial charge in [-0.05, 0) is 49.2 Å². The van der Waals surface area contributed by atoms with E-state index in [2.05, 4.69) is 20.6 Å². The average Bonchev–Trinajstić information content (AvgIpc) is 2.71. The summed E-state index contributed by atoms with van der Waals surface area (Å²) in [4.78, 5) is 21.2. The Kier molecular flexibility index (Phi) is 4.80. The van der Waals surface area contributed by atoms with Crippen LogP contribution in [-0.4, -0.2) is 29.1 Å². The van der Waals surface area contributed by atoms with Gasteiger partial charge in [0.05, 0.1) is 0 Å². The lowest BCUT2D eigenvalue weighted by Crippen LogP contribution is -2.17. The molecule has 1 aromatic heterocycles. The Balaban J connectivity index is 1.51. The zero-order valence-corrected chi connectivity index (χ0v) is 15.7. The lowest BCUT2D eigenvalue weighted by molar-refractivity contribution is 0.102. The van der Waals surface area contributed by atoms with Crippen LogP contribution in [0.2, 0.25) is 0 Å². The first kappa shape index (κ1) is 17.8. The number of aromatic nitrogens is 2. The van der Waals surface area contributed by atoms with Crippen LogP contribution in [0, 0.1) is 13.8 Å². The molecule has 0 bridgehead atoms. The third-order valence-corrected chi connectivity index (χ3v) is 4.54. The van der Waals surface area contributed by atoms with E-state index in [9.17, 15) is 4.79 Å². The first-order valence-electron chi connectivity index (χ1n) is 8.97. The first-order valence-corrected chi connectivity index (χ1v) is 8.97. The molecule has 7 nitrogen and oxygen atoms in total. The normalized spacial score (nSPS) is 12.4. The predicted octanol–water partition coefficient (Wildman–Crippen LogP) is 3.86. The molecule has 1 aliphatic rings. The number of anilines is 3. The molecule has 2 N–H and O–H groups in total. The van der Waals surface area contributed by atoms with Crippen LogP contribution in [0.15, 0.2) is 48.7 Å². The summed E-state index contributed by atoms with van der Waals surface area (Å²) < 4.78 is 11.0. The van der Waals surface area contributed by atoms with Gasteiger partial charge in [-0.1, -0.05) is 12.1 Å². The lowest BCUT2D eigenvalue weighted by Gasteiger charge is -2.19. The highest BCUT2D eigenvalue weighted by Gasteiger charge is 2.14. The van der Waals surface area contributed by atoms with Crippen molar-refractivity contribution >= 4 is 23.2 Å². The minimum absolute atomic E-state index is 0.262. The molecule has 0 fully saturated rings. The van der Waals surface area contributed by atoms with Crippen molar-refractivity contribution in [3.05, 3.63) is 65.5 Å². The van der Waals surface area contributed by atoms with Crippen molar-refractivity contribution in [2.45, 2.75) is 13.8 Å². The molecular weight excluding hydrogens is 356 g/mol. The fourth-order valence-electron chi connectivity index (χ4n) is 2.87. The van der Waals surface area contributed by atoms with Crippen molar-refractivity contribution in [1.82, 2.24) is 9.97 Å².